The Kier molecular flexibility index (Phi) is 4.60. The van der Waals surface area contributed by atoms with Gasteiger partial charge in [-0.1, -0.05) is 12.1 Å². The minimum absolute atomic E-state index is 0.00376. The zero-order valence-electron chi connectivity index (χ0n) is 11.8. The first-order valence-electron chi connectivity index (χ1n) is 7.34. The van der Waals surface area contributed by atoms with Crippen molar-refractivity contribution in [1.82, 2.24) is 4.90 Å². The number of piperidine rings is 1. The quantitative estimate of drug-likeness (QED) is 0.627. The molecule has 1 heterocycles. The Hall–Kier alpha value is -1.20. The standard InChI is InChI=1S/C14H22F2N2O2/c1-2-10-9-18(8-5-12(10)17-20)13(19)11-3-6-14(15,16)7-4-11/h10-11,20H,2-9H2,1H3. The lowest BCUT2D eigenvalue weighted by atomic mass is 9.84. The topological polar surface area (TPSA) is 52.9 Å². The highest BCUT2D eigenvalue weighted by Gasteiger charge is 2.39. The van der Waals surface area contributed by atoms with Crippen molar-refractivity contribution in [3.8, 4) is 0 Å². The number of hydrogen-bond donors (Lipinski definition) is 1. The first kappa shape index (κ1) is 15.2. The lowest BCUT2D eigenvalue weighted by molar-refractivity contribution is -0.140. The fraction of sp³-hybridized carbons (Fsp3) is 0.857. The predicted octanol–water partition coefficient (Wildman–Crippen LogP) is 2.90. The number of nitrogens with zero attached hydrogens (tertiary/aromatic N) is 2. The van der Waals surface area contributed by atoms with Gasteiger partial charge < -0.3 is 10.1 Å². The second kappa shape index (κ2) is 6.06. The first-order valence-corrected chi connectivity index (χ1v) is 7.34. The highest BCUT2D eigenvalue weighted by atomic mass is 19.3. The number of likely N-dealkylation sites (tertiary alicyclic amines) is 1. The number of alkyl halides is 2. The number of amides is 1. The van der Waals surface area contributed by atoms with Crippen molar-refractivity contribution < 1.29 is 18.8 Å². The Morgan fingerprint density at radius 2 is 2.10 bits per heavy atom. The van der Waals surface area contributed by atoms with E-state index in [-0.39, 0.29) is 43.4 Å². The molecule has 1 saturated carbocycles. The molecule has 0 radical (unpaired) electrons. The number of carbonyl (C=O) groups excluding carboxylic acids is 1. The fourth-order valence-corrected chi connectivity index (χ4v) is 3.16. The maximum atomic E-state index is 13.1. The van der Waals surface area contributed by atoms with Crippen LogP contribution >= 0.6 is 0 Å². The van der Waals surface area contributed by atoms with Crippen molar-refractivity contribution >= 4 is 11.6 Å². The van der Waals surface area contributed by atoms with Crippen LogP contribution in [0.25, 0.3) is 0 Å². The van der Waals surface area contributed by atoms with E-state index >= 15 is 0 Å². The molecule has 0 aromatic rings. The number of halogens is 2. The van der Waals surface area contributed by atoms with E-state index < -0.39 is 5.92 Å². The van der Waals surface area contributed by atoms with Crippen LogP contribution in [-0.2, 0) is 4.79 Å². The molecule has 1 aliphatic heterocycles. The van der Waals surface area contributed by atoms with Crippen molar-refractivity contribution in [1.29, 1.82) is 0 Å². The van der Waals surface area contributed by atoms with E-state index in [0.29, 0.717) is 19.5 Å². The first-order chi connectivity index (χ1) is 9.46. The van der Waals surface area contributed by atoms with Crippen LogP contribution in [0, 0.1) is 11.8 Å². The molecule has 0 bridgehead atoms. The largest absolute Gasteiger partial charge is 0.411 e. The van der Waals surface area contributed by atoms with Crippen molar-refractivity contribution in [2.75, 3.05) is 13.1 Å². The van der Waals surface area contributed by atoms with Crippen LogP contribution in [0.2, 0.25) is 0 Å². The molecule has 114 valence electrons. The van der Waals surface area contributed by atoms with Crippen molar-refractivity contribution in [2.24, 2.45) is 17.0 Å². The highest BCUT2D eigenvalue weighted by molar-refractivity contribution is 5.89. The molecule has 1 saturated heterocycles. The average molecular weight is 288 g/mol. The summed E-state index contributed by atoms with van der Waals surface area (Å²) in [6, 6.07) is 0. The van der Waals surface area contributed by atoms with Gasteiger partial charge in [-0.25, -0.2) is 8.78 Å². The number of hydrogen-bond acceptors (Lipinski definition) is 3. The van der Waals surface area contributed by atoms with E-state index in [0.717, 1.165) is 12.1 Å². The zero-order valence-corrected chi connectivity index (χ0v) is 11.8. The molecule has 2 rings (SSSR count). The lowest BCUT2D eigenvalue weighted by Crippen LogP contribution is -2.47. The summed E-state index contributed by atoms with van der Waals surface area (Å²) in [5, 5.41) is 12.2. The third-order valence-electron chi connectivity index (χ3n) is 4.55. The molecule has 0 aromatic carbocycles. The second-order valence-electron chi connectivity index (χ2n) is 5.86. The van der Waals surface area contributed by atoms with Crippen LogP contribution in [0.4, 0.5) is 8.78 Å². The van der Waals surface area contributed by atoms with Crippen molar-refractivity contribution in [2.45, 2.75) is 51.4 Å². The van der Waals surface area contributed by atoms with Crippen molar-refractivity contribution in [3.05, 3.63) is 0 Å². The molecule has 4 nitrogen and oxygen atoms in total. The molecule has 20 heavy (non-hydrogen) atoms. The maximum Gasteiger partial charge on any atom is 0.248 e. The van der Waals surface area contributed by atoms with Crippen molar-refractivity contribution in [3.63, 3.8) is 0 Å². The van der Waals surface area contributed by atoms with Gasteiger partial charge in [0.15, 0.2) is 0 Å². The Balaban J connectivity index is 1.94. The minimum atomic E-state index is -2.60. The van der Waals surface area contributed by atoms with E-state index in [1.165, 1.54) is 0 Å². The Morgan fingerprint density at radius 1 is 1.45 bits per heavy atom. The van der Waals surface area contributed by atoms with Gasteiger partial charge in [-0.15, -0.1) is 0 Å². The van der Waals surface area contributed by atoms with Gasteiger partial charge in [0.2, 0.25) is 11.8 Å². The second-order valence-corrected chi connectivity index (χ2v) is 5.86. The van der Waals surface area contributed by atoms with E-state index in [1.807, 2.05) is 6.92 Å². The van der Waals surface area contributed by atoms with Gasteiger partial charge in [0.05, 0.1) is 5.71 Å². The predicted molar refractivity (Wildman–Crippen MR) is 71.1 cm³/mol. The molecule has 0 spiro atoms. The Morgan fingerprint density at radius 3 is 2.65 bits per heavy atom. The summed E-state index contributed by atoms with van der Waals surface area (Å²) in [4.78, 5) is 14.2. The Labute approximate surface area is 117 Å². The SMILES string of the molecule is CCC1CN(C(=O)C2CCC(F)(F)CC2)CCC1=NO. The van der Waals surface area contributed by atoms with Crippen LogP contribution in [0.5, 0.6) is 0 Å². The molecule has 0 aromatic heterocycles. The van der Waals surface area contributed by atoms with Gasteiger partial charge in [-0.2, -0.15) is 0 Å². The molecule has 2 aliphatic rings. The molecule has 1 aliphatic carbocycles. The fourth-order valence-electron chi connectivity index (χ4n) is 3.16. The number of oxime groups is 1. The summed E-state index contributed by atoms with van der Waals surface area (Å²) in [7, 11) is 0. The summed E-state index contributed by atoms with van der Waals surface area (Å²) in [5.74, 6) is -2.78. The van der Waals surface area contributed by atoms with Gasteiger partial charge in [0, 0.05) is 44.2 Å². The summed E-state index contributed by atoms with van der Waals surface area (Å²) in [5.41, 5.74) is 0.742. The van der Waals surface area contributed by atoms with Crippen LogP contribution in [-0.4, -0.2) is 40.7 Å². The van der Waals surface area contributed by atoms with Crippen LogP contribution in [0.3, 0.4) is 0 Å². The van der Waals surface area contributed by atoms with Gasteiger partial charge in [-0.3, -0.25) is 4.79 Å². The highest BCUT2D eigenvalue weighted by Crippen LogP contribution is 2.37. The maximum absolute atomic E-state index is 13.1. The monoisotopic (exact) mass is 288 g/mol. The summed E-state index contributed by atoms with van der Waals surface area (Å²) in [6.45, 7) is 3.06. The normalized spacial score (nSPS) is 29.6. The lowest BCUT2D eigenvalue weighted by Gasteiger charge is -2.37. The van der Waals surface area contributed by atoms with E-state index in [1.54, 1.807) is 4.90 Å². The van der Waals surface area contributed by atoms with Crippen LogP contribution in [0.1, 0.15) is 45.4 Å². The third kappa shape index (κ3) is 3.27. The van der Waals surface area contributed by atoms with Gasteiger partial charge in [0.25, 0.3) is 0 Å². The molecule has 2 fully saturated rings. The summed E-state index contributed by atoms with van der Waals surface area (Å²) in [6.07, 6.45) is 1.57. The summed E-state index contributed by atoms with van der Waals surface area (Å²) < 4.78 is 26.3. The van der Waals surface area contributed by atoms with E-state index in [2.05, 4.69) is 5.16 Å². The molecule has 1 amide bonds. The Bertz CT molecular complexity index is 389. The molecule has 1 unspecified atom stereocenters. The third-order valence-corrected chi connectivity index (χ3v) is 4.55. The van der Waals surface area contributed by atoms with Crippen LogP contribution in [0.15, 0.2) is 5.16 Å². The van der Waals surface area contributed by atoms with E-state index in [4.69, 9.17) is 5.21 Å². The number of carbonyl (C=O) groups is 1. The average Bonchev–Trinajstić information content (AvgIpc) is 2.45. The minimum Gasteiger partial charge on any atom is -0.411 e. The molecule has 1 N–H and O–H groups in total. The summed E-state index contributed by atoms with van der Waals surface area (Å²) >= 11 is 0. The molecular weight excluding hydrogens is 266 g/mol. The van der Waals surface area contributed by atoms with E-state index in [9.17, 15) is 13.6 Å². The smallest absolute Gasteiger partial charge is 0.248 e. The zero-order chi connectivity index (χ0) is 14.8. The van der Waals surface area contributed by atoms with Crippen LogP contribution < -0.4 is 0 Å². The molecule has 1 atom stereocenters. The molecule has 6 heteroatoms. The van der Waals surface area contributed by atoms with Gasteiger partial charge >= 0.3 is 0 Å². The molecular formula is C14H22F2N2O2. The van der Waals surface area contributed by atoms with Gasteiger partial charge in [-0.05, 0) is 19.3 Å². The van der Waals surface area contributed by atoms with Gasteiger partial charge in [0.1, 0.15) is 0 Å². The number of rotatable bonds is 2.